The molecule has 9 heteroatoms. The van der Waals surface area contributed by atoms with Crippen molar-refractivity contribution in [3.63, 3.8) is 0 Å². The van der Waals surface area contributed by atoms with Crippen LogP contribution in [0.4, 0.5) is 9.59 Å². The second-order valence-electron chi connectivity index (χ2n) is 9.65. The second-order valence-corrected chi connectivity index (χ2v) is 9.65. The second kappa shape index (κ2) is 7.15. The summed E-state index contributed by atoms with van der Waals surface area (Å²) in [5.74, 6) is -1.07. The van der Waals surface area contributed by atoms with E-state index in [1.165, 1.54) is 16.8 Å². The lowest BCUT2D eigenvalue weighted by Gasteiger charge is -2.56. The Kier molecular flexibility index (Phi) is 4.61. The van der Waals surface area contributed by atoms with Crippen molar-refractivity contribution >= 4 is 29.8 Å². The Morgan fingerprint density at radius 3 is 2.22 bits per heavy atom. The van der Waals surface area contributed by atoms with Gasteiger partial charge in [-0.05, 0) is 49.5 Å². The van der Waals surface area contributed by atoms with Gasteiger partial charge in [-0.3, -0.25) is 29.1 Å². The third-order valence-corrected chi connectivity index (χ3v) is 7.59. The van der Waals surface area contributed by atoms with Crippen LogP contribution < -0.4 is 5.32 Å². The minimum atomic E-state index is -0.783. The third-order valence-electron chi connectivity index (χ3n) is 7.59. The highest BCUT2D eigenvalue weighted by molar-refractivity contribution is 6.14. The molecule has 1 aromatic rings. The quantitative estimate of drug-likeness (QED) is 0.574. The predicted molar refractivity (Wildman–Crippen MR) is 112 cm³/mol. The van der Waals surface area contributed by atoms with Gasteiger partial charge in [-0.15, -0.1) is 0 Å². The number of barbiturate groups is 1. The van der Waals surface area contributed by atoms with Crippen molar-refractivity contribution in [3.05, 3.63) is 35.9 Å². The van der Waals surface area contributed by atoms with Crippen LogP contribution in [0.3, 0.4) is 0 Å². The Morgan fingerprint density at radius 2 is 1.62 bits per heavy atom. The summed E-state index contributed by atoms with van der Waals surface area (Å²) in [5.41, 5.74) is -0.000447. The van der Waals surface area contributed by atoms with E-state index >= 15 is 0 Å². The molecule has 4 aliphatic rings. The van der Waals surface area contributed by atoms with Gasteiger partial charge in [-0.1, -0.05) is 30.3 Å². The van der Waals surface area contributed by atoms with Crippen molar-refractivity contribution in [2.24, 2.45) is 5.41 Å². The van der Waals surface area contributed by atoms with E-state index in [-0.39, 0.29) is 36.4 Å². The Hall–Kier alpha value is -3.23. The maximum Gasteiger partial charge on any atom is 0.333 e. The van der Waals surface area contributed by atoms with Gasteiger partial charge < -0.3 is 5.32 Å². The van der Waals surface area contributed by atoms with Crippen LogP contribution in [0.5, 0.6) is 0 Å². The molecule has 2 aliphatic heterocycles. The van der Waals surface area contributed by atoms with Crippen LogP contribution in [0, 0.1) is 5.41 Å². The molecule has 2 aliphatic carbocycles. The van der Waals surface area contributed by atoms with E-state index in [0.717, 1.165) is 23.3 Å². The van der Waals surface area contributed by atoms with Crippen LogP contribution in [-0.2, 0) is 20.9 Å². The highest BCUT2D eigenvalue weighted by Crippen LogP contribution is 2.58. The number of hydrogen-bond donors (Lipinski definition) is 1. The number of amides is 7. The summed E-state index contributed by atoms with van der Waals surface area (Å²) in [6.45, 7) is 0.150. The molecule has 9 nitrogen and oxygen atoms in total. The molecule has 2 saturated carbocycles. The van der Waals surface area contributed by atoms with Gasteiger partial charge in [0.1, 0.15) is 12.0 Å². The fourth-order valence-corrected chi connectivity index (χ4v) is 5.99. The first-order chi connectivity index (χ1) is 15.2. The third kappa shape index (κ3) is 3.10. The van der Waals surface area contributed by atoms with Crippen molar-refractivity contribution in [1.82, 2.24) is 20.0 Å². The lowest BCUT2D eigenvalue weighted by atomic mass is 9.51. The summed E-state index contributed by atoms with van der Waals surface area (Å²) < 4.78 is 0. The number of nitrogens with zero attached hydrogens (tertiary/aromatic N) is 3. The normalized spacial score (nSPS) is 32.7. The zero-order valence-electron chi connectivity index (χ0n) is 18.0. The Balaban J connectivity index is 1.25. The first-order valence-electron chi connectivity index (χ1n) is 11.0. The van der Waals surface area contributed by atoms with Gasteiger partial charge in [-0.2, -0.15) is 0 Å². The smallest absolute Gasteiger partial charge is 0.323 e. The van der Waals surface area contributed by atoms with Crippen molar-refractivity contribution in [1.29, 1.82) is 0 Å². The predicted octanol–water partition coefficient (Wildman–Crippen LogP) is 2.01. The maximum atomic E-state index is 13.1. The number of benzene rings is 1. The maximum absolute atomic E-state index is 13.1. The molecule has 2 spiro atoms. The van der Waals surface area contributed by atoms with Crippen LogP contribution in [0.1, 0.15) is 50.5 Å². The van der Waals surface area contributed by atoms with E-state index < -0.39 is 23.4 Å². The number of carbonyl (C=O) groups is 5. The molecule has 0 radical (unpaired) electrons. The summed E-state index contributed by atoms with van der Waals surface area (Å²) in [4.78, 5) is 66.1. The average molecular weight is 438 g/mol. The van der Waals surface area contributed by atoms with Crippen molar-refractivity contribution in [2.75, 3.05) is 7.05 Å². The van der Waals surface area contributed by atoms with E-state index in [4.69, 9.17) is 0 Å². The van der Waals surface area contributed by atoms with Crippen molar-refractivity contribution in [3.8, 4) is 0 Å². The first kappa shape index (κ1) is 20.7. The Labute approximate surface area is 185 Å². The zero-order valence-corrected chi connectivity index (χ0v) is 18.0. The van der Waals surface area contributed by atoms with E-state index in [9.17, 15) is 24.0 Å². The number of nitrogens with one attached hydrogen (secondary N) is 1. The summed E-state index contributed by atoms with van der Waals surface area (Å²) in [6, 6.07) is 8.10. The standard InChI is InChI=1S/C23H26N4O5/c1-25-19(30)23(24-20(25)31)13-22(14-23)9-7-16(8-10-22)27-18(29)11-17(28)26(21(27)32)12-15-5-3-2-4-6-15/h2-6,16H,7-14H2,1H3,(H,24,31). The summed E-state index contributed by atoms with van der Waals surface area (Å²) in [5, 5.41) is 2.84. The fraction of sp³-hybridized carbons (Fsp3) is 0.522. The highest BCUT2D eigenvalue weighted by Gasteiger charge is 2.64. The van der Waals surface area contributed by atoms with Crippen LogP contribution in [-0.4, -0.2) is 63.1 Å². The SMILES string of the molecule is CN1C(=O)NC2(CC3(CCC(N4C(=O)CC(=O)N(Cc5ccccc5)C4=O)CC3)C2)C1=O. The molecule has 4 fully saturated rings. The molecule has 1 N–H and O–H groups in total. The molecule has 0 atom stereocenters. The topological polar surface area (TPSA) is 107 Å². The molecule has 0 bridgehead atoms. The number of hydrogen-bond acceptors (Lipinski definition) is 5. The number of urea groups is 2. The van der Waals surface area contributed by atoms with Gasteiger partial charge in [0.2, 0.25) is 11.8 Å². The minimum Gasteiger partial charge on any atom is -0.323 e. The molecule has 0 aromatic heterocycles. The van der Waals surface area contributed by atoms with Gasteiger partial charge in [0.05, 0.1) is 6.54 Å². The molecule has 168 valence electrons. The lowest BCUT2D eigenvalue weighted by Crippen LogP contribution is -2.64. The number of imide groups is 3. The van der Waals surface area contributed by atoms with Gasteiger partial charge >= 0.3 is 12.1 Å². The van der Waals surface area contributed by atoms with E-state index in [1.54, 1.807) is 0 Å². The largest absolute Gasteiger partial charge is 0.333 e. The zero-order chi connectivity index (χ0) is 22.7. The molecular formula is C23H26N4O5. The number of rotatable bonds is 3. The number of likely N-dealkylation sites (N-methyl/N-ethyl adjacent to an activating group) is 1. The molecule has 32 heavy (non-hydrogen) atoms. The molecule has 1 aromatic carbocycles. The summed E-state index contributed by atoms with van der Waals surface area (Å²) in [6.07, 6.45) is 3.73. The molecule has 7 amide bonds. The summed E-state index contributed by atoms with van der Waals surface area (Å²) >= 11 is 0. The van der Waals surface area contributed by atoms with Crippen LogP contribution in [0.2, 0.25) is 0 Å². The fourth-order valence-electron chi connectivity index (χ4n) is 5.99. The van der Waals surface area contributed by atoms with E-state index in [1.807, 2.05) is 30.3 Å². The van der Waals surface area contributed by atoms with Crippen LogP contribution in [0.25, 0.3) is 0 Å². The Morgan fingerprint density at radius 1 is 0.969 bits per heavy atom. The van der Waals surface area contributed by atoms with Crippen LogP contribution in [0.15, 0.2) is 30.3 Å². The first-order valence-corrected chi connectivity index (χ1v) is 11.0. The van der Waals surface area contributed by atoms with Crippen LogP contribution >= 0.6 is 0 Å². The van der Waals surface area contributed by atoms with Gasteiger partial charge in [0.15, 0.2) is 0 Å². The monoisotopic (exact) mass is 438 g/mol. The van der Waals surface area contributed by atoms with E-state index in [0.29, 0.717) is 25.7 Å². The average Bonchev–Trinajstić information content (AvgIpc) is 2.97. The molecule has 2 heterocycles. The van der Waals surface area contributed by atoms with Gasteiger partial charge in [-0.25, -0.2) is 9.59 Å². The number of carbonyl (C=O) groups excluding carboxylic acids is 5. The van der Waals surface area contributed by atoms with E-state index in [2.05, 4.69) is 5.32 Å². The lowest BCUT2D eigenvalue weighted by molar-refractivity contribution is -0.146. The molecule has 5 rings (SSSR count). The van der Waals surface area contributed by atoms with Gasteiger partial charge in [0.25, 0.3) is 5.91 Å². The highest BCUT2D eigenvalue weighted by atomic mass is 16.2. The Bertz CT molecular complexity index is 1010. The minimum absolute atomic E-state index is 0.0496. The molecule has 2 saturated heterocycles. The summed E-state index contributed by atoms with van der Waals surface area (Å²) in [7, 11) is 1.49. The van der Waals surface area contributed by atoms with Crippen molar-refractivity contribution in [2.45, 2.75) is 63.1 Å². The molecular weight excluding hydrogens is 412 g/mol. The van der Waals surface area contributed by atoms with Gasteiger partial charge in [0, 0.05) is 13.1 Å². The van der Waals surface area contributed by atoms with Crippen molar-refractivity contribution < 1.29 is 24.0 Å². The molecule has 0 unspecified atom stereocenters.